The summed E-state index contributed by atoms with van der Waals surface area (Å²) in [6.07, 6.45) is 4.28. The summed E-state index contributed by atoms with van der Waals surface area (Å²) in [5.74, 6) is 0.540. The zero-order chi connectivity index (χ0) is 13.6. The second kappa shape index (κ2) is 7.10. The molecule has 0 aromatic rings. The molecule has 0 saturated heterocycles. The average Bonchev–Trinajstić information content (AvgIpc) is 3.16. The minimum Gasteiger partial charge on any atom is -0.468 e. The van der Waals surface area contributed by atoms with Gasteiger partial charge in [0.2, 0.25) is 0 Å². The lowest BCUT2D eigenvalue weighted by Gasteiger charge is -2.30. The van der Waals surface area contributed by atoms with Gasteiger partial charge in [0.1, 0.15) is 5.54 Å². The topological polar surface area (TPSA) is 47.6 Å². The van der Waals surface area contributed by atoms with Gasteiger partial charge in [0.05, 0.1) is 13.2 Å². The lowest BCUT2D eigenvalue weighted by molar-refractivity contribution is -0.149. The van der Waals surface area contributed by atoms with E-state index in [4.69, 9.17) is 9.47 Å². The average molecular weight is 257 g/mol. The van der Waals surface area contributed by atoms with E-state index in [2.05, 4.69) is 12.2 Å². The summed E-state index contributed by atoms with van der Waals surface area (Å²) in [4.78, 5) is 11.9. The fraction of sp³-hybridized carbons (Fsp3) is 0.929. The number of hydrogen-bond donors (Lipinski definition) is 1. The Morgan fingerprint density at radius 1 is 1.50 bits per heavy atom. The van der Waals surface area contributed by atoms with E-state index >= 15 is 0 Å². The number of nitrogens with one attached hydrogen (secondary N) is 1. The molecule has 1 N–H and O–H groups in total. The summed E-state index contributed by atoms with van der Waals surface area (Å²) in [6.45, 7) is 7.63. The van der Waals surface area contributed by atoms with Crippen molar-refractivity contribution >= 4 is 5.97 Å². The number of carbonyl (C=O) groups is 1. The van der Waals surface area contributed by atoms with E-state index in [-0.39, 0.29) is 12.1 Å². The maximum absolute atomic E-state index is 11.9. The van der Waals surface area contributed by atoms with E-state index in [1.54, 1.807) is 0 Å². The van der Waals surface area contributed by atoms with Crippen LogP contribution in [-0.2, 0) is 14.3 Å². The van der Waals surface area contributed by atoms with Crippen molar-refractivity contribution in [1.82, 2.24) is 5.32 Å². The Labute approximate surface area is 110 Å². The Morgan fingerprint density at radius 3 is 2.67 bits per heavy atom. The number of carbonyl (C=O) groups excluding carboxylic acids is 1. The number of methoxy groups -OCH3 is 1. The highest BCUT2D eigenvalue weighted by Crippen LogP contribution is 2.29. The molecule has 1 aliphatic carbocycles. The fourth-order valence-corrected chi connectivity index (χ4v) is 2.07. The van der Waals surface area contributed by atoms with Crippen LogP contribution in [-0.4, -0.2) is 37.9 Å². The first-order valence-corrected chi connectivity index (χ1v) is 6.97. The molecule has 0 heterocycles. The Bertz CT molecular complexity index is 266. The molecule has 0 spiro atoms. The molecule has 0 aliphatic heterocycles. The highest BCUT2D eigenvalue weighted by Gasteiger charge is 2.36. The van der Waals surface area contributed by atoms with E-state index in [1.165, 1.54) is 20.0 Å². The largest absolute Gasteiger partial charge is 0.468 e. The molecule has 1 saturated carbocycles. The fourth-order valence-electron chi connectivity index (χ4n) is 2.07. The minimum atomic E-state index is -0.645. The molecule has 1 fully saturated rings. The lowest BCUT2D eigenvalue weighted by atomic mass is 9.94. The second-order valence-electron chi connectivity index (χ2n) is 5.54. The van der Waals surface area contributed by atoms with Crippen LogP contribution in [0.4, 0.5) is 0 Å². The van der Waals surface area contributed by atoms with Crippen molar-refractivity contribution in [1.29, 1.82) is 0 Å². The van der Waals surface area contributed by atoms with E-state index in [1.807, 2.05) is 13.8 Å². The molecule has 4 nitrogen and oxygen atoms in total. The van der Waals surface area contributed by atoms with Crippen LogP contribution >= 0.6 is 0 Å². The quantitative estimate of drug-likeness (QED) is 0.643. The molecular formula is C14H27NO3. The van der Waals surface area contributed by atoms with Crippen LogP contribution in [0.3, 0.4) is 0 Å². The van der Waals surface area contributed by atoms with Crippen molar-refractivity contribution in [3.8, 4) is 0 Å². The maximum Gasteiger partial charge on any atom is 0.325 e. The zero-order valence-electron chi connectivity index (χ0n) is 12.1. The first-order valence-electron chi connectivity index (χ1n) is 6.97. The molecular weight excluding hydrogens is 230 g/mol. The van der Waals surface area contributed by atoms with Gasteiger partial charge < -0.3 is 14.8 Å². The summed E-state index contributed by atoms with van der Waals surface area (Å²) >= 11 is 0. The first kappa shape index (κ1) is 15.4. The number of hydrogen-bond acceptors (Lipinski definition) is 4. The van der Waals surface area contributed by atoms with Crippen molar-refractivity contribution < 1.29 is 14.3 Å². The highest BCUT2D eigenvalue weighted by molar-refractivity contribution is 5.80. The third-order valence-electron chi connectivity index (χ3n) is 3.41. The van der Waals surface area contributed by atoms with Gasteiger partial charge in [-0.3, -0.25) is 4.79 Å². The van der Waals surface area contributed by atoms with Gasteiger partial charge in [-0.15, -0.1) is 0 Å². The molecule has 2 atom stereocenters. The van der Waals surface area contributed by atoms with Crippen LogP contribution in [0.1, 0.15) is 46.5 Å². The van der Waals surface area contributed by atoms with E-state index < -0.39 is 5.54 Å². The van der Waals surface area contributed by atoms with Gasteiger partial charge in [-0.05, 0) is 45.6 Å². The number of esters is 1. The van der Waals surface area contributed by atoms with E-state index in [0.29, 0.717) is 6.42 Å². The standard InChI is InChI=1S/C14H27NO3/c1-5-8-15-14(3,13(16)17-4)9-11(2)18-10-12-6-7-12/h11-12,15H,5-10H2,1-4H3. The molecule has 106 valence electrons. The molecule has 4 heteroatoms. The van der Waals surface area contributed by atoms with Crippen molar-refractivity contribution in [2.75, 3.05) is 20.3 Å². The SMILES string of the molecule is CCCNC(C)(CC(C)OCC1CC1)C(=O)OC. The number of ether oxygens (including phenoxy) is 2. The van der Waals surface area contributed by atoms with Crippen LogP contribution in [0.2, 0.25) is 0 Å². The normalized spacial score (nSPS) is 20.2. The highest BCUT2D eigenvalue weighted by atomic mass is 16.5. The zero-order valence-corrected chi connectivity index (χ0v) is 12.1. The Hall–Kier alpha value is -0.610. The Balaban J connectivity index is 2.44. The van der Waals surface area contributed by atoms with Crippen LogP contribution in [0.15, 0.2) is 0 Å². The molecule has 0 bridgehead atoms. The molecule has 0 aromatic heterocycles. The Morgan fingerprint density at radius 2 is 2.17 bits per heavy atom. The maximum atomic E-state index is 11.9. The van der Waals surface area contributed by atoms with E-state index in [9.17, 15) is 4.79 Å². The molecule has 0 amide bonds. The summed E-state index contributed by atoms with van der Waals surface area (Å²) in [7, 11) is 1.43. The summed E-state index contributed by atoms with van der Waals surface area (Å²) < 4.78 is 10.7. The van der Waals surface area contributed by atoms with Gasteiger partial charge in [0.25, 0.3) is 0 Å². The molecule has 18 heavy (non-hydrogen) atoms. The summed E-state index contributed by atoms with van der Waals surface area (Å²) in [5.41, 5.74) is -0.645. The van der Waals surface area contributed by atoms with Crippen LogP contribution in [0.25, 0.3) is 0 Å². The lowest BCUT2D eigenvalue weighted by Crippen LogP contribution is -2.52. The minimum absolute atomic E-state index is 0.0686. The van der Waals surface area contributed by atoms with Crippen molar-refractivity contribution in [3.63, 3.8) is 0 Å². The smallest absolute Gasteiger partial charge is 0.325 e. The van der Waals surface area contributed by atoms with Gasteiger partial charge in [-0.25, -0.2) is 0 Å². The predicted molar refractivity (Wildman–Crippen MR) is 71.5 cm³/mol. The van der Waals surface area contributed by atoms with Crippen molar-refractivity contribution in [2.24, 2.45) is 5.92 Å². The summed E-state index contributed by atoms with van der Waals surface area (Å²) in [5, 5.41) is 3.28. The molecule has 0 aromatic carbocycles. The predicted octanol–water partition coefficient (Wildman–Crippen LogP) is 2.12. The van der Waals surface area contributed by atoms with Crippen LogP contribution in [0, 0.1) is 5.92 Å². The van der Waals surface area contributed by atoms with Gasteiger partial charge in [-0.1, -0.05) is 6.92 Å². The van der Waals surface area contributed by atoms with Gasteiger partial charge >= 0.3 is 5.97 Å². The third-order valence-corrected chi connectivity index (χ3v) is 3.41. The number of rotatable bonds is 9. The summed E-state index contributed by atoms with van der Waals surface area (Å²) in [6, 6.07) is 0. The Kier molecular flexibility index (Phi) is 6.09. The monoisotopic (exact) mass is 257 g/mol. The molecule has 1 aliphatic rings. The third kappa shape index (κ3) is 4.94. The van der Waals surface area contributed by atoms with Crippen LogP contribution < -0.4 is 5.32 Å². The van der Waals surface area contributed by atoms with Crippen LogP contribution in [0.5, 0.6) is 0 Å². The van der Waals surface area contributed by atoms with Gasteiger partial charge in [0.15, 0.2) is 0 Å². The molecule has 1 rings (SSSR count). The first-order chi connectivity index (χ1) is 8.51. The van der Waals surface area contributed by atoms with E-state index in [0.717, 1.165) is 25.5 Å². The van der Waals surface area contributed by atoms with Gasteiger partial charge in [-0.2, -0.15) is 0 Å². The van der Waals surface area contributed by atoms with Gasteiger partial charge in [0, 0.05) is 13.0 Å². The van der Waals surface area contributed by atoms with Crippen molar-refractivity contribution in [2.45, 2.75) is 58.1 Å². The van der Waals surface area contributed by atoms with Crippen molar-refractivity contribution in [3.05, 3.63) is 0 Å². The second-order valence-corrected chi connectivity index (χ2v) is 5.54. The molecule has 0 radical (unpaired) electrons. The molecule has 2 unspecified atom stereocenters.